The van der Waals surface area contributed by atoms with Crippen LogP contribution >= 0.6 is 0 Å². The minimum atomic E-state index is -1.15. The second-order valence-electron chi connectivity index (χ2n) is 7.03. The van der Waals surface area contributed by atoms with Crippen LogP contribution in [0.1, 0.15) is 30.9 Å². The van der Waals surface area contributed by atoms with E-state index in [1.54, 1.807) is 50.2 Å². The molecule has 1 aliphatic heterocycles. The van der Waals surface area contributed by atoms with Crippen LogP contribution in [0.5, 0.6) is 0 Å². The highest BCUT2D eigenvalue weighted by Crippen LogP contribution is 2.42. The minimum Gasteiger partial charge on any atom is -0.463 e. The number of ether oxygens (including phenoxy) is 2. The van der Waals surface area contributed by atoms with Crippen molar-refractivity contribution in [1.29, 1.82) is 0 Å². The van der Waals surface area contributed by atoms with Gasteiger partial charge in [-0.25, -0.2) is 14.0 Å². The van der Waals surface area contributed by atoms with Crippen molar-refractivity contribution in [2.45, 2.75) is 19.8 Å². The number of esters is 2. The zero-order chi connectivity index (χ0) is 24.0. The molecule has 0 bridgehead atoms. The molecular weight excluding hydrogens is 431 g/mol. The highest BCUT2D eigenvalue weighted by molar-refractivity contribution is 6.05. The van der Waals surface area contributed by atoms with Crippen LogP contribution in [0.25, 0.3) is 5.70 Å². The molecule has 0 aromatic heterocycles. The molecule has 1 heterocycles. The normalized spacial score (nSPS) is 15.7. The lowest BCUT2D eigenvalue weighted by Gasteiger charge is -2.32. The first-order chi connectivity index (χ1) is 15.9. The van der Waals surface area contributed by atoms with E-state index in [0.717, 1.165) is 0 Å². The van der Waals surface area contributed by atoms with Gasteiger partial charge in [-0.1, -0.05) is 42.5 Å². The number of halogens is 1. The van der Waals surface area contributed by atoms with Gasteiger partial charge in [0.05, 0.1) is 46.6 Å². The quantitative estimate of drug-likeness (QED) is 0.364. The van der Waals surface area contributed by atoms with E-state index in [0.29, 0.717) is 5.56 Å². The Morgan fingerprint density at radius 3 is 2.21 bits per heavy atom. The summed E-state index contributed by atoms with van der Waals surface area (Å²) in [5.41, 5.74) is 0.649. The molecule has 1 atom stereocenters. The Balaban J connectivity index is 2.36. The third kappa shape index (κ3) is 4.92. The van der Waals surface area contributed by atoms with Crippen LogP contribution < -0.4 is 5.32 Å². The van der Waals surface area contributed by atoms with Gasteiger partial charge in [0.2, 0.25) is 0 Å². The molecule has 2 aromatic carbocycles. The number of carbonyl (C=O) groups excluding carboxylic acids is 2. The van der Waals surface area contributed by atoms with Gasteiger partial charge in [-0.15, -0.1) is 0 Å². The summed E-state index contributed by atoms with van der Waals surface area (Å²) < 4.78 is 24.7. The maximum atomic E-state index is 14.2. The van der Waals surface area contributed by atoms with Crippen LogP contribution in [0.2, 0.25) is 0 Å². The third-order valence-corrected chi connectivity index (χ3v) is 5.05. The molecule has 0 amide bonds. The molecule has 8 nitrogen and oxygen atoms in total. The molecule has 172 valence electrons. The second-order valence-corrected chi connectivity index (χ2v) is 7.03. The number of dihydropyridines is 1. The topological polar surface area (TPSA) is 108 Å². The molecule has 0 fully saturated rings. The standard InChI is InChI=1S/C24H23FN2O6/c1-3-32-23(28)20-18(14-25)26-22(15-9-6-5-7-10-15)21(24(29)33-4-2)19(20)16-11-8-12-17(13-16)27(30)31/h5-13,19,26H,3-4,14H2,1-2H3. The summed E-state index contributed by atoms with van der Waals surface area (Å²) in [5.74, 6) is -2.71. The van der Waals surface area contributed by atoms with Gasteiger partial charge in [-0.3, -0.25) is 10.1 Å². The Morgan fingerprint density at radius 2 is 1.64 bits per heavy atom. The molecule has 0 saturated carbocycles. The van der Waals surface area contributed by atoms with Crippen molar-refractivity contribution in [3.8, 4) is 0 Å². The molecule has 0 radical (unpaired) electrons. The van der Waals surface area contributed by atoms with Gasteiger partial charge in [-0.2, -0.15) is 0 Å². The lowest BCUT2D eigenvalue weighted by molar-refractivity contribution is -0.384. The van der Waals surface area contributed by atoms with Crippen molar-refractivity contribution in [2.75, 3.05) is 19.9 Å². The van der Waals surface area contributed by atoms with Gasteiger partial charge in [0.25, 0.3) is 5.69 Å². The molecule has 3 rings (SSSR count). The SMILES string of the molecule is CCOC(=O)C1=C(CF)NC(c2ccccc2)=C(C(=O)OCC)C1c1cccc([N+](=O)[O-])c1. The van der Waals surface area contributed by atoms with E-state index < -0.39 is 29.5 Å². The van der Waals surface area contributed by atoms with E-state index in [4.69, 9.17) is 9.47 Å². The second kappa shape index (κ2) is 10.5. The van der Waals surface area contributed by atoms with Crippen LogP contribution in [0, 0.1) is 10.1 Å². The molecular formula is C24H23FN2O6. The number of rotatable bonds is 8. The summed E-state index contributed by atoms with van der Waals surface area (Å²) in [5, 5.41) is 14.3. The van der Waals surface area contributed by atoms with Gasteiger partial charge in [-0.05, 0) is 25.0 Å². The first-order valence-electron chi connectivity index (χ1n) is 10.4. The number of nitrogens with one attached hydrogen (secondary N) is 1. The monoisotopic (exact) mass is 454 g/mol. The Bertz CT molecular complexity index is 1130. The molecule has 0 spiro atoms. The first-order valence-corrected chi connectivity index (χ1v) is 10.4. The van der Waals surface area contributed by atoms with Crippen LogP contribution in [0.4, 0.5) is 10.1 Å². The number of alkyl halides is 1. The van der Waals surface area contributed by atoms with E-state index in [1.165, 1.54) is 18.2 Å². The van der Waals surface area contributed by atoms with Crippen molar-refractivity contribution >= 4 is 23.3 Å². The van der Waals surface area contributed by atoms with Crippen LogP contribution in [0.3, 0.4) is 0 Å². The fraction of sp³-hybridized carbons (Fsp3) is 0.250. The summed E-state index contributed by atoms with van der Waals surface area (Å²) >= 11 is 0. The smallest absolute Gasteiger partial charge is 0.337 e. The molecule has 33 heavy (non-hydrogen) atoms. The largest absolute Gasteiger partial charge is 0.463 e. The average molecular weight is 454 g/mol. The first kappa shape index (κ1) is 23.6. The lowest BCUT2D eigenvalue weighted by Crippen LogP contribution is -2.34. The van der Waals surface area contributed by atoms with Crippen LogP contribution in [0.15, 0.2) is 71.4 Å². The fourth-order valence-corrected chi connectivity index (χ4v) is 3.72. The Kier molecular flexibility index (Phi) is 7.55. The lowest BCUT2D eigenvalue weighted by atomic mass is 9.79. The summed E-state index contributed by atoms with van der Waals surface area (Å²) in [6, 6.07) is 14.2. The Labute approximate surface area is 189 Å². The highest BCUT2D eigenvalue weighted by atomic mass is 19.1. The number of nitro groups is 1. The highest BCUT2D eigenvalue weighted by Gasteiger charge is 2.40. The maximum absolute atomic E-state index is 14.2. The van der Waals surface area contributed by atoms with Crippen molar-refractivity contribution in [3.05, 3.63) is 92.7 Å². The summed E-state index contributed by atoms with van der Waals surface area (Å²) in [7, 11) is 0. The van der Waals surface area contributed by atoms with Gasteiger partial charge in [0.15, 0.2) is 0 Å². The van der Waals surface area contributed by atoms with Crippen molar-refractivity contribution < 1.29 is 28.4 Å². The van der Waals surface area contributed by atoms with E-state index in [-0.39, 0.29) is 47.0 Å². The molecule has 1 aliphatic rings. The number of allylic oxidation sites excluding steroid dienone is 1. The number of carbonyl (C=O) groups is 2. The number of nitrogens with zero attached hydrogens (tertiary/aromatic N) is 1. The van der Waals surface area contributed by atoms with Crippen LogP contribution in [-0.4, -0.2) is 36.8 Å². The zero-order valence-electron chi connectivity index (χ0n) is 18.2. The predicted octanol–water partition coefficient (Wildman–Crippen LogP) is 4.04. The van der Waals surface area contributed by atoms with Crippen molar-refractivity contribution in [2.24, 2.45) is 0 Å². The van der Waals surface area contributed by atoms with Gasteiger partial charge in [0.1, 0.15) is 6.67 Å². The molecule has 2 aromatic rings. The third-order valence-electron chi connectivity index (χ3n) is 5.05. The van der Waals surface area contributed by atoms with Gasteiger partial charge in [0, 0.05) is 12.1 Å². The van der Waals surface area contributed by atoms with Gasteiger partial charge >= 0.3 is 11.9 Å². The number of non-ortho nitro benzene ring substituents is 1. The minimum absolute atomic E-state index is 0.0214. The number of hydrogen-bond acceptors (Lipinski definition) is 7. The van der Waals surface area contributed by atoms with E-state index in [1.807, 2.05) is 0 Å². The summed E-state index contributed by atoms with van der Waals surface area (Å²) in [6.07, 6.45) is 0. The van der Waals surface area contributed by atoms with E-state index in [2.05, 4.69) is 5.32 Å². The van der Waals surface area contributed by atoms with Gasteiger partial charge < -0.3 is 14.8 Å². The average Bonchev–Trinajstić information content (AvgIpc) is 2.83. The Hall–Kier alpha value is -4.01. The fourth-order valence-electron chi connectivity index (χ4n) is 3.72. The maximum Gasteiger partial charge on any atom is 0.337 e. The molecule has 0 aliphatic carbocycles. The molecule has 0 saturated heterocycles. The summed E-state index contributed by atoms with van der Waals surface area (Å²) in [4.78, 5) is 36.9. The van der Waals surface area contributed by atoms with E-state index >= 15 is 0 Å². The zero-order valence-corrected chi connectivity index (χ0v) is 18.2. The Morgan fingerprint density at radius 1 is 1.00 bits per heavy atom. The summed E-state index contributed by atoms with van der Waals surface area (Å²) in [6.45, 7) is 2.26. The number of nitro benzene ring substituents is 1. The van der Waals surface area contributed by atoms with Crippen molar-refractivity contribution in [1.82, 2.24) is 5.32 Å². The van der Waals surface area contributed by atoms with Crippen LogP contribution in [-0.2, 0) is 19.1 Å². The molecule has 9 heteroatoms. The van der Waals surface area contributed by atoms with E-state index in [9.17, 15) is 24.1 Å². The molecule has 1 N–H and O–H groups in total. The van der Waals surface area contributed by atoms with Crippen molar-refractivity contribution in [3.63, 3.8) is 0 Å². The predicted molar refractivity (Wildman–Crippen MR) is 119 cm³/mol. The number of benzene rings is 2. The number of hydrogen-bond donors (Lipinski definition) is 1. The molecule has 1 unspecified atom stereocenters.